The van der Waals surface area contributed by atoms with Crippen LogP contribution in [0.3, 0.4) is 0 Å². The van der Waals surface area contributed by atoms with Crippen molar-refractivity contribution in [1.29, 1.82) is 0 Å². The van der Waals surface area contributed by atoms with Gasteiger partial charge in [-0.25, -0.2) is 0 Å². The van der Waals surface area contributed by atoms with Crippen molar-refractivity contribution in [3.05, 3.63) is 0 Å². The van der Waals surface area contributed by atoms with Gasteiger partial charge in [0, 0.05) is 6.54 Å². The van der Waals surface area contributed by atoms with Crippen molar-refractivity contribution in [3.8, 4) is 0 Å². The molecule has 1 N–H and O–H groups in total. The minimum Gasteiger partial charge on any atom is -0.342 e. The quantitative estimate of drug-likeness (QED) is 0.789. The van der Waals surface area contributed by atoms with Crippen LogP contribution in [-0.2, 0) is 9.59 Å². The molecule has 0 saturated carbocycles. The zero-order valence-corrected chi connectivity index (χ0v) is 12.1. The van der Waals surface area contributed by atoms with Gasteiger partial charge in [0.2, 0.25) is 11.8 Å². The Balaban J connectivity index is 3.05. The number of carbonyl (C=O) groups excluding carboxylic acids is 2. The van der Waals surface area contributed by atoms with Crippen molar-refractivity contribution in [3.63, 3.8) is 0 Å². The van der Waals surface area contributed by atoms with Crippen LogP contribution >= 0.6 is 0 Å². The summed E-state index contributed by atoms with van der Waals surface area (Å²) >= 11 is 0. The average molecular weight is 254 g/mol. The first kappa shape index (κ1) is 15.0. The lowest BCUT2D eigenvalue weighted by Crippen LogP contribution is -2.70. The number of rotatable bonds is 6. The second kappa shape index (κ2) is 6.21. The Morgan fingerprint density at radius 1 is 1.17 bits per heavy atom. The predicted molar refractivity (Wildman–Crippen MR) is 72.2 cm³/mol. The van der Waals surface area contributed by atoms with Crippen molar-refractivity contribution in [2.45, 2.75) is 71.4 Å². The van der Waals surface area contributed by atoms with E-state index in [1.165, 1.54) is 0 Å². The zero-order valence-electron chi connectivity index (χ0n) is 12.1. The molecule has 4 nitrogen and oxygen atoms in total. The van der Waals surface area contributed by atoms with Crippen LogP contribution in [0.15, 0.2) is 0 Å². The standard InChI is InChI=1S/C14H26N2O2/c1-5-9-10-16-12(17)11(6-2)15-13(18)14(16,7-3)8-4/h11H,5-10H2,1-4H3,(H,15,18). The van der Waals surface area contributed by atoms with Gasteiger partial charge in [-0.1, -0.05) is 34.1 Å². The molecule has 1 saturated heterocycles. The Hall–Kier alpha value is -1.06. The van der Waals surface area contributed by atoms with Gasteiger partial charge in [0.1, 0.15) is 11.6 Å². The van der Waals surface area contributed by atoms with Crippen LogP contribution in [0.25, 0.3) is 0 Å². The van der Waals surface area contributed by atoms with Gasteiger partial charge in [-0.05, 0) is 25.7 Å². The normalized spacial score (nSPS) is 23.1. The van der Waals surface area contributed by atoms with Crippen LogP contribution in [0.5, 0.6) is 0 Å². The summed E-state index contributed by atoms with van der Waals surface area (Å²) in [5.74, 6) is 0.115. The fourth-order valence-electron chi connectivity index (χ4n) is 2.75. The smallest absolute Gasteiger partial charge is 0.246 e. The summed E-state index contributed by atoms with van der Waals surface area (Å²) in [6, 6.07) is -0.333. The average Bonchev–Trinajstić information content (AvgIpc) is 2.39. The van der Waals surface area contributed by atoms with Crippen LogP contribution in [0, 0.1) is 0 Å². The molecule has 1 aliphatic heterocycles. The van der Waals surface area contributed by atoms with E-state index < -0.39 is 5.54 Å². The number of carbonyl (C=O) groups is 2. The van der Waals surface area contributed by atoms with Gasteiger partial charge < -0.3 is 10.2 Å². The molecule has 1 aliphatic rings. The maximum atomic E-state index is 12.5. The molecule has 1 heterocycles. The first-order chi connectivity index (χ1) is 8.57. The molecule has 2 amide bonds. The Bertz CT molecular complexity index is 311. The summed E-state index contributed by atoms with van der Waals surface area (Å²) < 4.78 is 0. The third-order valence-corrected chi connectivity index (χ3v) is 4.12. The van der Waals surface area contributed by atoms with Gasteiger partial charge >= 0.3 is 0 Å². The minimum absolute atomic E-state index is 0.0232. The van der Waals surface area contributed by atoms with Crippen LogP contribution in [0.1, 0.15) is 59.8 Å². The van der Waals surface area contributed by atoms with Gasteiger partial charge in [0.15, 0.2) is 0 Å². The Kier molecular flexibility index (Phi) is 5.17. The Labute approximate surface area is 110 Å². The molecular formula is C14H26N2O2. The third kappa shape index (κ3) is 2.38. The van der Waals surface area contributed by atoms with E-state index in [9.17, 15) is 9.59 Å². The van der Waals surface area contributed by atoms with Crippen molar-refractivity contribution < 1.29 is 9.59 Å². The van der Waals surface area contributed by atoms with Gasteiger partial charge in [0.05, 0.1) is 0 Å². The molecule has 1 unspecified atom stereocenters. The van der Waals surface area contributed by atoms with Crippen LogP contribution in [-0.4, -0.2) is 34.8 Å². The molecule has 1 fully saturated rings. The summed E-state index contributed by atoms with van der Waals surface area (Å²) in [6.45, 7) is 8.71. The molecule has 0 radical (unpaired) electrons. The maximum Gasteiger partial charge on any atom is 0.246 e. The lowest BCUT2D eigenvalue weighted by atomic mass is 9.85. The van der Waals surface area contributed by atoms with Crippen molar-refractivity contribution in [2.75, 3.05) is 6.54 Å². The van der Waals surface area contributed by atoms with E-state index in [1.807, 2.05) is 25.7 Å². The van der Waals surface area contributed by atoms with Gasteiger partial charge in [-0.3, -0.25) is 9.59 Å². The van der Waals surface area contributed by atoms with E-state index in [4.69, 9.17) is 0 Å². The monoisotopic (exact) mass is 254 g/mol. The highest BCUT2D eigenvalue weighted by atomic mass is 16.2. The van der Waals surface area contributed by atoms with E-state index in [0.717, 1.165) is 12.8 Å². The lowest BCUT2D eigenvalue weighted by molar-refractivity contribution is -0.158. The minimum atomic E-state index is -0.627. The first-order valence-electron chi connectivity index (χ1n) is 7.19. The number of piperazine rings is 1. The van der Waals surface area contributed by atoms with Crippen molar-refractivity contribution in [2.24, 2.45) is 0 Å². The molecule has 0 aromatic carbocycles. The predicted octanol–water partition coefficient (Wildman–Crippen LogP) is 2.08. The molecule has 18 heavy (non-hydrogen) atoms. The third-order valence-electron chi connectivity index (χ3n) is 4.12. The number of amides is 2. The molecule has 1 rings (SSSR count). The van der Waals surface area contributed by atoms with Crippen LogP contribution in [0.2, 0.25) is 0 Å². The highest BCUT2D eigenvalue weighted by Gasteiger charge is 2.49. The molecule has 104 valence electrons. The number of hydrogen-bond donors (Lipinski definition) is 1. The van der Waals surface area contributed by atoms with Gasteiger partial charge in [0.25, 0.3) is 0 Å². The molecule has 0 spiro atoms. The Morgan fingerprint density at radius 3 is 2.22 bits per heavy atom. The highest BCUT2D eigenvalue weighted by molar-refractivity contribution is 5.99. The van der Waals surface area contributed by atoms with Gasteiger partial charge in [-0.15, -0.1) is 0 Å². The van der Waals surface area contributed by atoms with E-state index in [1.54, 1.807) is 0 Å². The fourth-order valence-corrected chi connectivity index (χ4v) is 2.75. The summed E-state index contributed by atoms with van der Waals surface area (Å²) in [6.07, 6.45) is 4.02. The Morgan fingerprint density at radius 2 is 1.78 bits per heavy atom. The zero-order chi connectivity index (χ0) is 13.8. The lowest BCUT2D eigenvalue weighted by Gasteiger charge is -2.47. The number of nitrogens with zero attached hydrogens (tertiary/aromatic N) is 1. The second-order valence-corrected chi connectivity index (χ2v) is 5.02. The van der Waals surface area contributed by atoms with Crippen LogP contribution < -0.4 is 5.32 Å². The molecule has 0 aromatic heterocycles. The second-order valence-electron chi connectivity index (χ2n) is 5.02. The molecule has 0 aliphatic carbocycles. The van der Waals surface area contributed by atoms with Crippen molar-refractivity contribution in [1.82, 2.24) is 10.2 Å². The van der Waals surface area contributed by atoms with E-state index >= 15 is 0 Å². The fraction of sp³-hybridized carbons (Fsp3) is 0.857. The summed E-state index contributed by atoms with van der Waals surface area (Å²) in [7, 11) is 0. The molecule has 4 heteroatoms. The topological polar surface area (TPSA) is 49.4 Å². The van der Waals surface area contributed by atoms with Crippen LogP contribution in [0.4, 0.5) is 0 Å². The first-order valence-corrected chi connectivity index (χ1v) is 7.19. The maximum absolute atomic E-state index is 12.5. The molecule has 0 bridgehead atoms. The SMILES string of the molecule is CCCCN1C(=O)C(CC)NC(=O)C1(CC)CC. The van der Waals surface area contributed by atoms with E-state index in [0.29, 0.717) is 25.8 Å². The molecular weight excluding hydrogens is 228 g/mol. The number of unbranched alkanes of at least 4 members (excludes halogenated alkanes) is 1. The summed E-state index contributed by atoms with van der Waals surface area (Å²) in [5, 5.41) is 2.88. The molecule has 0 aromatic rings. The van der Waals surface area contributed by atoms with Gasteiger partial charge in [-0.2, -0.15) is 0 Å². The summed E-state index contributed by atoms with van der Waals surface area (Å²) in [4.78, 5) is 26.7. The van der Waals surface area contributed by atoms with E-state index in [2.05, 4.69) is 12.2 Å². The summed E-state index contributed by atoms with van der Waals surface area (Å²) in [5.41, 5.74) is -0.627. The number of nitrogens with one attached hydrogen (secondary N) is 1. The highest BCUT2D eigenvalue weighted by Crippen LogP contribution is 2.29. The van der Waals surface area contributed by atoms with Crippen molar-refractivity contribution >= 4 is 11.8 Å². The number of hydrogen-bond acceptors (Lipinski definition) is 2. The molecule has 1 atom stereocenters. The van der Waals surface area contributed by atoms with E-state index in [-0.39, 0.29) is 17.9 Å². The largest absolute Gasteiger partial charge is 0.342 e.